The summed E-state index contributed by atoms with van der Waals surface area (Å²) in [7, 11) is 0. The molecule has 2 aromatic rings. The van der Waals surface area contributed by atoms with Gasteiger partial charge < -0.3 is 15.5 Å². The minimum Gasteiger partial charge on any atom is -0.407 e. The lowest BCUT2D eigenvalue weighted by Gasteiger charge is -2.28. The first-order valence-electron chi connectivity index (χ1n) is 6.86. The number of nitrogens with one attached hydrogen (secondary N) is 1. The molecule has 5 heteroatoms. The van der Waals surface area contributed by atoms with Crippen LogP contribution in [-0.4, -0.2) is 16.2 Å². The molecule has 3 N–H and O–H groups in total. The Morgan fingerprint density at radius 3 is 2.55 bits per heavy atom. The Bertz CT molecular complexity index is 536. The van der Waals surface area contributed by atoms with Gasteiger partial charge in [0.2, 0.25) is 5.89 Å². The van der Waals surface area contributed by atoms with E-state index in [1.165, 1.54) is 5.56 Å². The van der Waals surface area contributed by atoms with E-state index < -0.39 is 0 Å². The second-order valence-electron chi connectivity index (χ2n) is 5.70. The molecule has 0 radical (unpaired) electrons. The molecule has 0 saturated heterocycles. The van der Waals surface area contributed by atoms with Crippen molar-refractivity contribution in [2.24, 2.45) is 5.73 Å². The molecule has 108 valence electrons. The number of nitrogens with two attached hydrogens (primary N) is 1. The number of anilines is 1. The Kier molecular flexibility index (Phi) is 4.39. The van der Waals surface area contributed by atoms with Gasteiger partial charge in [-0.25, -0.2) is 0 Å². The van der Waals surface area contributed by atoms with E-state index in [-0.39, 0.29) is 18.0 Å². The van der Waals surface area contributed by atoms with Crippen molar-refractivity contribution in [2.75, 3.05) is 5.32 Å². The van der Waals surface area contributed by atoms with Crippen LogP contribution >= 0.6 is 0 Å². The Labute approximate surface area is 119 Å². The van der Waals surface area contributed by atoms with E-state index in [0.29, 0.717) is 11.9 Å². The van der Waals surface area contributed by atoms with Gasteiger partial charge >= 0.3 is 6.01 Å². The van der Waals surface area contributed by atoms with Gasteiger partial charge in [-0.2, -0.15) is 0 Å². The van der Waals surface area contributed by atoms with Crippen LogP contribution in [0.25, 0.3) is 0 Å². The second kappa shape index (κ2) is 6.05. The molecule has 5 nitrogen and oxygen atoms in total. The second-order valence-corrected chi connectivity index (χ2v) is 5.70. The lowest BCUT2D eigenvalue weighted by molar-refractivity contribution is 0.438. The number of benzene rings is 1. The third-order valence-electron chi connectivity index (χ3n) is 3.38. The van der Waals surface area contributed by atoms with Crippen LogP contribution in [0.5, 0.6) is 0 Å². The van der Waals surface area contributed by atoms with Crippen LogP contribution in [0, 0.1) is 0 Å². The van der Waals surface area contributed by atoms with Gasteiger partial charge in [0, 0.05) is 6.04 Å². The van der Waals surface area contributed by atoms with E-state index in [0.717, 1.165) is 6.42 Å². The van der Waals surface area contributed by atoms with E-state index in [2.05, 4.69) is 60.6 Å². The van der Waals surface area contributed by atoms with Gasteiger partial charge in [0.25, 0.3) is 0 Å². The molecule has 0 spiro atoms. The fourth-order valence-corrected chi connectivity index (χ4v) is 2.43. The van der Waals surface area contributed by atoms with Crippen molar-refractivity contribution in [2.45, 2.75) is 45.2 Å². The molecular formula is C15H22N4O. The van der Waals surface area contributed by atoms with Crippen molar-refractivity contribution < 1.29 is 4.42 Å². The van der Waals surface area contributed by atoms with Crippen molar-refractivity contribution in [3.05, 3.63) is 41.8 Å². The first-order chi connectivity index (χ1) is 9.51. The SMILES string of the molecule is CC(CC(C)(C)c1ccccc1)Nc1nnc(CN)o1. The van der Waals surface area contributed by atoms with Crippen LogP contribution in [0.4, 0.5) is 6.01 Å². The summed E-state index contributed by atoms with van der Waals surface area (Å²) in [5.74, 6) is 0.446. The third kappa shape index (κ3) is 3.57. The topological polar surface area (TPSA) is 77.0 Å². The minimum atomic E-state index is 0.0738. The lowest BCUT2D eigenvalue weighted by Crippen LogP contribution is -2.27. The van der Waals surface area contributed by atoms with Gasteiger partial charge in [-0.05, 0) is 24.3 Å². The van der Waals surface area contributed by atoms with Gasteiger partial charge in [0.1, 0.15) is 0 Å². The summed E-state index contributed by atoms with van der Waals surface area (Å²) in [6.07, 6.45) is 0.956. The Morgan fingerprint density at radius 1 is 1.25 bits per heavy atom. The first-order valence-corrected chi connectivity index (χ1v) is 6.86. The number of nitrogens with zero attached hydrogens (tertiary/aromatic N) is 2. The van der Waals surface area contributed by atoms with E-state index in [1.54, 1.807) is 0 Å². The number of hydrogen-bond donors (Lipinski definition) is 2. The van der Waals surface area contributed by atoms with Gasteiger partial charge in [-0.15, -0.1) is 5.10 Å². The van der Waals surface area contributed by atoms with Crippen molar-refractivity contribution in [1.29, 1.82) is 0 Å². The zero-order valence-corrected chi connectivity index (χ0v) is 12.3. The van der Waals surface area contributed by atoms with E-state index in [9.17, 15) is 0 Å². The van der Waals surface area contributed by atoms with Crippen molar-refractivity contribution >= 4 is 6.01 Å². The van der Waals surface area contributed by atoms with Crippen molar-refractivity contribution in [3.63, 3.8) is 0 Å². The van der Waals surface area contributed by atoms with Crippen LogP contribution in [0.2, 0.25) is 0 Å². The molecular weight excluding hydrogens is 252 g/mol. The first kappa shape index (κ1) is 14.5. The number of aromatic nitrogens is 2. The molecule has 0 aliphatic heterocycles. The van der Waals surface area contributed by atoms with Crippen LogP contribution in [0.15, 0.2) is 34.7 Å². The maximum absolute atomic E-state index is 5.45. The molecule has 0 aliphatic rings. The van der Waals surface area contributed by atoms with Crippen LogP contribution in [0.3, 0.4) is 0 Å². The standard InChI is InChI=1S/C15H22N4O/c1-11(17-14-19-18-13(10-16)20-14)9-15(2,3)12-7-5-4-6-8-12/h4-8,11H,9-10,16H2,1-3H3,(H,17,19). The maximum Gasteiger partial charge on any atom is 0.315 e. The summed E-state index contributed by atoms with van der Waals surface area (Å²) < 4.78 is 5.37. The van der Waals surface area contributed by atoms with Gasteiger partial charge in [0.15, 0.2) is 0 Å². The molecule has 20 heavy (non-hydrogen) atoms. The summed E-state index contributed by atoms with van der Waals surface area (Å²) in [4.78, 5) is 0. The van der Waals surface area contributed by atoms with Gasteiger partial charge in [-0.3, -0.25) is 0 Å². The Hall–Kier alpha value is -1.88. The molecule has 0 fully saturated rings. The average molecular weight is 274 g/mol. The maximum atomic E-state index is 5.45. The molecule has 1 unspecified atom stereocenters. The Balaban J connectivity index is 1.98. The van der Waals surface area contributed by atoms with Gasteiger partial charge in [-0.1, -0.05) is 49.3 Å². The van der Waals surface area contributed by atoms with Crippen molar-refractivity contribution in [1.82, 2.24) is 10.2 Å². The predicted octanol–water partition coefficient (Wildman–Crippen LogP) is 2.70. The molecule has 0 amide bonds. The highest BCUT2D eigenvalue weighted by atomic mass is 16.4. The molecule has 2 rings (SSSR count). The molecule has 1 heterocycles. The number of hydrogen-bond acceptors (Lipinski definition) is 5. The van der Waals surface area contributed by atoms with Crippen LogP contribution in [0.1, 0.15) is 38.6 Å². The van der Waals surface area contributed by atoms with Gasteiger partial charge in [0.05, 0.1) is 6.54 Å². The zero-order chi connectivity index (χ0) is 14.6. The summed E-state index contributed by atoms with van der Waals surface area (Å²) in [5.41, 5.74) is 6.84. The highest BCUT2D eigenvalue weighted by Crippen LogP contribution is 2.28. The lowest BCUT2D eigenvalue weighted by atomic mass is 9.79. The quantitative estimate of drug-likeness (QED) is 0.847. The normalized spacial score (nSPS) is 13.2. The summed E-state index contributed by atoms with van der Waals surface area (Å²) in [5, 5.41) is 11.0. The van der Waals surface area contributed by atoms with E-state index in [1.807, 2.05) is 6.07 Å². The fourth-order valence-electron chi connectivity index (χ4n) is 2.43. The molecule has 0 bridgehead atoms. The average Bonchev–Trinajstić information content (AvgIpc) is 2.86. The molecule has 1 aromatic heterocycles. The van der Waals surface area contributed by atoms with E-state index >= 15 is 0 Å². The highest BCUT2D eigenvalue weighted by molar-refractivity contribution is 5.25. The zero-order valence-electron chi connectivity index (χ0n) is 12.3. The summed E-state index contributed by atoms with van der Waals surface area (Å²) in [6.45, 7) is 6.84. The smallest absolute Gasteiger partial charge is 0.315 e. The van der Waals surface area contributed by atoms with Crippen LogP contribution < -0.4 is 11.1 Å². The monoisotopic (exact) mass is 274 g/mol. The summed E-state index contributed by atoms with van der Waals surface area (Å²) >= 11 is 0. The molecule has 0 aliphatic carbocycles. The third-order valence-corrected chi connectivity index (χ3v) is 3.38. The van der Waals surface area contributed by atoms with Crippen molar-refractivity contribution in [3.8, 4) is 0 Å². The van der Waals surface area contributed by atoms with E-state index in [4.69, 9.17) is 10.2 Å². The number of rotatable bonds is 6. The Morgan fingerprint density at radius 2 is 1.95 bits per heavy atom. The fraction of sp³-hybridized carbons (Fsp3) is 0.467. The summed E-state index contributed by atoms with van der Waals surface area (Å²) in [6, 6.07) is 11.1. The van der Waals surface area contributed by atoms with Crippen LogP contribution in [-0.2, 0) is 12.0 Å². The molecule has 0 saturated carbocycles. The molecule has 1 aromatic carbocycles. The predicted molar refractivity (Wildman–Crippen MR) is 79.4 cm³/mol. The minimum absolute atomic E-state index is 0.0738. The largest absolute Gasteiger partial charge is 0.407 e. The highest BCUT2D eigenvalue weighted by Gasteiger charge is 2.23. The molecule has 1 atom stereocenters.